The number of rotatable bonds is 3. The fourth-order valence-corrected chi connectivity index (χ4v) is 5.57. The number of benzene rings is 1. The lowest BCUT2D eigenvalue weighted by atomic mass is 9.57. The number of carbonyl (C=O) groups is 4. The van der Waals surface area contributed by atoms with Crippen LogP contribution in [0.15, 0.2) is 29.0 Å². The maximum Gasteiger partial charge on any atom is 0.255 e. The van der Waals surface area contributed by atoms with Gasteiger partial charge in [0.05, 0.1) is 11.6 Å². The summed E-state index contributed by atoms with van der Waals surface area (Å²) in [6.45, 7) is 1.34. The summed E-state index contributed by atoms with van der Waals surface area (Å²) in [7, 11) is 3.05. The standard InChI is InChI=1S/C23H24N2O8/c1-8(26)10-4-5-13(27)15-11(10)6-9-7-12-17(25(2)3)19(29)16(22(24)32)21(31)23(12,33)20(30)14(9)18(15)28/h4-5,9,12,17,27-28,31,33H,6-7H2,1-3H3,(H2,24,32)/t9-,12-,17?,23-/m0/s1. The van der Waals surface area contributed by atoms with Gasteiger partial charge in [-0.25, -0.2) is 0 Å². The van der Waals surface area contributed by atoms with Gasteiger partial charge in [0.15, 0.2) is 17.2 Å². The summed E-state index contributed by atoms with van der Waals surface area (Å²) in [6.07, 6.45) is 0.0522. The van der Waals surface area contributed by atoms with Crippen molar-refractivity contribution in [1.82, 2.24) is 4.90 Å². The van der Waals surface area contributed by atoms with E-state index in [2.05, 4.69) is 0 Å². The number of Topliss-reactive ketones (excluding diaryl/α,β-unsaturated/α-hetero) is 3. The molecule has 4 atom stereocenters. The molecule has 0 heterocycles. The molecule has 1 fully saturated rings. The van der Waals surface area contributed by atoms with Crippen LogP contribution in [0.5, 0.6) is 5.75 Å². The van der Waals surface area contributed by atoms with E-state index in [1.54, 1.807) is 0 Å². The molecule has 3 aliphatic carbocycles. The van der Waals surface area contributed by atoms with Crippen molar-refractivity contribution in [3.8, 4) is 5.75 Å². The van der Waals surface area contributed by atoms with Gasteiger partial charge < -0.3 is 26.2 Å². The highest BCUT2D eigenvalue weighted by atomic mass is 16.3. The Morgan fingerprint density at radius 3 is 2.33 bits per heavy atom. The lowest BCUT2D eigenvalue weighted by molar-refractivity contribution is -0.153. The Labute approximate surface area is 188 Å². The number of nitrogens with two attached hydrogens (primary N) is 1. The predicted molar refractivity (Wildman–Crippen MR) is 114 cm³/mol. The second-order valence-electron chi connectivity index (χ2n) is 9.00. The molecule has 33 heavy (non-hydrogen) atoms. The zero-order valence-electron chi connectivity index (χ0n) is 18.2. The van der Waals surface area contributed by atoms with Crippen LogP contribution in [0, 0.1) is 11.8 Å². The van der Waals surface area contributed by atoms with Crippen molar-refractivity contribution in [3.63, 3.8) is 0 Å². The number of amides is 1. The number of phenols is 1. The largest absolute Gasteiger partial charge is 0.508 e. The minimum Gasteiger partial charge on any atom is -0.508 e. The molecule has 0 spiro atoms. The van der Waals surface area contributed by atoms with Crippen molar-refractivity contribution < 1.29 is 39.6 Å². The van der Waals surface area contributed by atoms with Crippen LogP contribution in [0.25, 0.3) is 5.76 Å². The van der Waals surface area contributed by atoms with Crippen molar-refractivity contribution >= 4 is 29.0 Å². The Bertz CT molecular complexity index is 1210. The van der Waals surface area contributed by atoms with Gasteiger partial charge in [-0.05, 0) is 57.5 Å². The number of primary amides is 1. The van der Waals surface area contributed by atoms with Crippen molar-refractivity contribution in [2.24, 2.45) is 17.6 Å². The first kappa shape index (κ1) is 22.7. The first-order valence-electron chi connectivity index (χ1n) is 10.3. The molecule has 10 nitrogen and oxygen atoms in total. The van der Waals surface area contributed by atoms with E-state index in [1.165, 1.54) is 38.1 Å². The van der Waals surface area contributed by atoms with Gasteiger partial charge in [-0.2, -0.15) is 0 Å². The number of phenolic OH excluding ortho intramolecular Hbond substituents is 1. The average molecular weight is 456 g/mol. The third-order valence-corrected chi connectivity index (χ3v) is 6.98. The van der Waals surface area contributed by atoms with Crippen molar-refractivity contribution in [2.45, 2.75) is 31.4 Å². The summed E-state index contributed by atoms with van der Waals surface area (Å²) in [4.78, 5) is 52.2. The van der Waals surface area contributed by atoms with Crippen LogP contribution in [-0.4, -0.2) is 74.3 Å². The highest BCUT2D eigenvalue weighted by molar-refractivity contribution is 6.24. The quantitative estimate of drug-likeness (QED) is 0.313. The van der Waals surface area contributed by atoms with Gasteiger partial charge in [0.2, 0.25) is 5.78 Å². The van der Waals surface area contributed by atoms with Crippen LogP contribution in [0.4, 0.5) is 0 Å². The summed E-state index contributed by atoms with van der Waals surface area (Å²) in [6, 6.07) is 1.50. The number of ketones is 3. The Morgan fingerprint density at radius 1 is 1.15 bits per heavy atom. The van der Waals surface area contributed by atoms with Crippen LogP contribution < -0.4 is 5.73 Å². The molecule has 1 aromatic carbocycles. The molecule has 1 aromatic rings. The topological polar surface area (TPSA) is 178 Å². The van der Waals surface area contributed by atoms with Crippen LogP contribution in [0.3, 0.4) is 0 Å². The zero-order chi connectivity index (χ0) is 24.6. The summed E-state index contributed by atoms with van der Waals surface area (Å²) in [5, 5.41) is 43.6. The van der Waals surface area contributed by atoms with Gasteiger partial charge in [-0.15, -0.1) is 0 Å². The number of aliphatic hydroxyl groups excluding tert-OH is 2. The van der Waals surface area contributed by atoms with Crippen LogP contribution in [0.1, 0.15) is 34.8 Å². The first-order chi connectivity index (χ1) is 15.3. The molecule has 0 bridgehead atoms. The van der Waals surface area contributed by atoms with E-state index in [4.69, 9.17) is 5.73 Å². The predicted octanol–water partition coefficient (Wildman–Crippen LogP) is 0.167. The number of hydrogen-bond donors (Lipinski definition) is 5. The van der Waals surface area contributed by atoms with E-state index in [1.807, 2.05) is 0 Å². The second kappa shape index (κ2) is 7.26. The number of hydrogen-bond acceptors (Lipinski definition) is 9. The highest BCUT2D eigenvalue weighted by Crippen LogP contribution is 2.52. The molecule has 4 rings (SSSR count). The van der Waals surface area contributed by atoms with E-state index in [-0.39, 0.29) is 41.1 Å². The lowest BCUT2D eigenvalue weighted by Crippen LogP contribution is -2.65. The minimum atomic E-state index is -2.68. The number of carbonyl (C=O) groups excluding carboxylic acids is 4. The van der Waals surface area contributed by atoms with Gasteiger partial charge in [-0.3, -0.25) is 24.1 Å². The van der Waals surface area contributed by atoms with Crippen LogP contribution in [-0.2, 0) is 20.8 Å². The second-order valence-corrected chi connectivity index (χ2v) is 9.00. The molecule has 1 amide bonds. The van der Waals surface area contributed by atoms with E-state index in [0.717, 1.165) is 0 Å². The molecule has 10 heteroatoms. The maximum absolute atomic E-state index is 13.6. The molecule has 0 saturated heterocycles. The van der Waals surface area contributed by atoms with Crippen LogP contribution >= 0.6 is 0 Å². The van der Waals surface area contributed by atoms with Crippen molar-refractivity contribution in [3.05, 3.63) is 45.7 Å². The molecule has 6 N–H and O–H groups in total. The fraction of sp³-hybridized carbons (Fsp3) is 0.391. The number of fused-ring (bicyclic) bond motifs is 3. The van der Waals surface area contributed by atoms with Crippen molar-refractivity contribution in [2.75, 3.05) is 14.1 Å². The minimum absolute atomic E-state index is 0.0290. The Morgan fingerprint density at radius 2 is 1.79 bits per heavy atom. The smallest absolute Gasteiger partial charge is 0.255 e. The molecule has 0 radical (unpaired) electrons. The third kappa shape index (κ3) is 2.87. The molecule has 1 unspecified atom stereocenters. The monoisotopic (exact) mass is 456 g/mol. The van der Waals surface area contributed by atoms with Crippen molar-refractivity contribution in [1.29, 1.82) is 0 Å². The fourth-order valence-electron chi connectivity index (χ4n) is 5.57. The van der Waals surface area contributed by atoms with Gasteiger partial charge in [0.1, 0.15) is 22.8 Å². The first-order valence-corrected chi connectivity index (χ1v) is 10.3. The number of likely N-dealkylation sites (N-methyl/N-ethyl adjacent to an activating group) is 1. The number of aromatic hydroxyl groups is 1. The Balaban J connectivity index is 2.00. The Hall–Kier alpha value is -3.50. The normalized spacial score (nSPS) is 29.1. The molecular formula is C23H24N2O8. The maximum atomic E-state index is 13.6. The van der Waals surface area contributed by atoms with E-state index < -0.39 is 58.0 Å². The summed E-state index contributed by atoms with van der Waals surface area (Å²) in [5.41, 5.74) is 2.01. The summed E-state index contributed by atoms with van der Waals surface area (Å²) < 4.78 is 0. The SMILES string of the molecule is CC(=O)c1ccc(O)c2c1C[C@H]1C[C@H]3C(N(C)C)C(=O)C(C(N)=O)=C(O)[C@@]3(O)C(=O)C1=C2O. The Kier molecular flexibility index (Phi) is 4.99. The lowest BCUT2D eigenvalue weighted by Gasteiger charge is -2.50. The van der Waals surface area contributed by atoms with E-state index in [0.29, 0.717) is 5.56 Å². The van der Waals surface area contributed by atoms with Crippen LogP contribution in [0.2, 0.25) is 0 Å². The number of aliphatic hydroxyl groups is 3. The van der Waals surface area contributed by atoms with Gasteiger partial charge >= 0.3 is 0 Å². The molecule has 0 aliphatic heterocycles. The van der Waals surface area contributed by atoms with Gasteiger partial charge in [0.25, 0.3) is 5.91 Å². The third-order valence-electron chi connectivity index (χ3n) is 6.98. The highest BCUT2D eigenvalue weighted by Gasteiger charge is 2.64. The molecule has 1 saturated carbocycles. The van der Waals surface area contributed by atoms with Gasteiger partial charge in [0, 0.05) is 17.1 Å². The zero-order valence-corrected chi connectivity index (χ0v) is 18.2. The van der Waals surface area contributed by atoms with Gasteiger partial charge in [-0.1, -0.05) is 0 Å². The number of nitrogens with zero attached hydrogens (tertiary/aromatic N) is 1. The molecule has 174 valence electrons. The molecular weight excluding hydrogens is 432 g/mol. The summed E-state index contributed by atoms with van der Waals surface area (Å²) in [5.74, 6) is -7.48. The average Bonchev–Trinajstić information content (AvgIpc) is 2.70. The molecule has 0 aromatic heterocycles. The van der Waals surface area contributed by atoms with E-state index in [9.17, 15) is 39.6 Å². The summed E-state index contributed by atoms with van der Waals surface area (Å²) >= 11 is 0. The molecule has 3 aliphatic rings. The van der Waals surface area contributed by atoms with E-state index >= 15 is 0 Å².